The molecule has 1 aromatic rings. The molecule has 19 heavy (non-hydrogen) atoms. The molecule has 4 heteroatoms. The number of carbonyl (C=O) groups is 2. The molecule has 1 atom stereocenters. The average Bonchev–Trinajstić information content (AvgIpc) is 2.37. The van der Waals surface area contributed by atoms with E-state index >= 15 is 0 Å². The van der Waals surface area contributed by atoms with Crippen LogP contribution in [0.5, 0.6) is 0 Å². The molecule has 1 aromatic carbocycles. The Hall–Kier alpha value is -1.84. The number of rotatable bonds is 5. The lowest BCUT2D eigenvalue weighted by molar-refractivity contribution is -0.138. The molecule has 0 saturated carbocycles. The predicted molar refractivity (Wildman–Crippen MR) is 75.6 cm³/mol. The first-order chi connectivity index (χ1) is 8.91. The summed E-state index contributed by atoms with van der Waals surface area (Å²) in [7, 11) is 6.87. The van der Waals surface area contributed by atoms with Crippen LogP contribution in [0.25, 0.3) is 0 Å². The molecule has 0 saturated heterocycles. The second-order valence-corrected chi connectivity index (χ2v) is 5.11. The van der Waals surface area contributed by atoms with Crippen molar-refractivity contribution in [2.75, 3.05) is 28.2 Å². The summed E-state index contributed by atoms with van der Waals surface area (Å²) in [6, 6.07) is 9.80. The van der Waals surface area contributed by atoms with Crippen molar-refractivity contribution >= 4 is 11.8 Å². The molecular formula is C15H22N2O2. The topological polar surface area (TPSA) is 40.6 Å². The van der Waals surface area contributed by atoms with Crippen molar-refractivity contribution in [1.82, 2.24) is 9.80 Å². The molecule has 0 aliphatic heterocycles. The standard InChI is InChI=1S/C15H22N2O2/c1-16(2)14(18)11-13(15(19)17(3)4)10-12-8-6-5-7-9-12/h5-9,13H,10-11H2,1-4H3. The van der Waals surface area contributed by atoms with E-state index in [9.17, 15) is 9.59 Å². The molecule has 1 unspecified atom stereocenters. The van der Waals surface area contributed by atoms with E-state index in [0.717, 1.165) is 5.56 Å². The first kappa shape index (κ1) is 15.2. The Balaban J connectivity index is 2.81. The number of nitrogens with zero attached hydrogens (tertiary/aromatic N) is 2. The third kappa shape index (κ3) is 4.73. The van der Waals surface area contributed by atoms with Crippen molar-refractivity contribution in [2.45, 2.75) is 12.8 Å². The molecule has 104 valence electrons. The Bertz CT molecular complexity index is 427. The summed E-state index contributed by atoms with van der Waals surface area (Å²) in [6.45, 7) is 0. The summed E-state index contributed by atoms with van der Waals surface area (Å²) < 4.78 is 0. The van der Waals surface area contributed by atoms with E-state index in [1.807, 2.05) is 30.3 Å². The van der Waals surface area contributed by atoms with Gasteiger partial charge in [0.1, 0.15) is 0 Å². The minimum Gasteiger partial charge on any atom is -0.349 e. The maximum atomic E-state index is 12.2. The largest absolute Gasteiger partial charge is 0.349 e. The molecule has 0 fully saturated rings. The Morgan fingerprint density at radius 3 is 2.05 bits per heavy atom. The van der Waals surface area contributed by atoms with Crippen molar-refractivity contribution in [2.24, 2.45) is 5.92 Å². The predicted octanol–water partition coefficient (Wildman–Crippen LogP) is 1.41. The van der Waals surface area contributed by atoms with E-state index in [0.29, 0.717) is 6.42 Å². The van der Waals surface area contributed by atoms with Crippen LogP contribution in [0.15, 0.2) is 30.3 Å². The molecule has 4 nitrogen and oxygen atoms in total. The SMILES string of the molecule is CN(C)C(=O)CC(Cc1ccccc1)C(=O)N(C)C. The van der Waals surface area contributed by atoms with Crippen LogP contribution in [-0.4, -0.2) is 49.8 Å². The van der Waals surface area contributed by atoms with Crippen LogP contribution in [0.1, 0.15) is 12.0 Å². The normalized spacial score (nSPS) is 11.8. The van der Waals surface area contributed by atoms with Gasteiger partial charge in [0.15, 0.2) is 0 Å². The van der Waals surface area contributed by atoms with Gasteiger partial charge in [-0.15, -0.1) is 0 Å². The Labute approximate surface area is 115 Å². The second-order valence-electron chi connectivity index (χ2n) is 5.11. The van der Waals surface area contributed by atoms with E-state index < -0.39 is 0 Å². The number of hydrogen-bond donors (Lipinski definition) is 0. The lowest BCUT2D eigenvalue weighted by atomic mass is 9.94. The highest BCUT2D eigenvalue weighted by molar-refractivity contribution is 5.85. The van der Waals surface area contributed by atoms with Crippen LogP contribution in [0.2, 0.25) is 0 Å². The zero-order chi connectivity index (χ0) is 14.4. The van der Waals surface area contributed by atoms with Gasteiger partial charge in [-0.1, -0.05) is 30.3 Å². The number of hydrogen-bond acceptors (Lipinski definition) is 2. The van der Waals surface area contributed by atoms with Crippen molar-refractivity contribution in [3.8, 4) is 0 Å². The summed E-state index contributed by atoms with van der Waals surface area (Å²) in [4.78, 5) is 27.1. The van der Waals surface area contributed by atoms with Gasteiger partial charge in [-0.05, 0) is 12.0 Å². The molecule has 0 bridgehead atoms. The van der Waals surface area contributed by atoms with Crippen LogP contribution >= 0.6 is 0 Å². The molecule has 0 aliphatic rings. The van der Waals surface area contributed by atoms with Crippen molar-refractivity contribution in [1.29, 1.82) is 0 Å². The van der Waals surface area contributed by atoms with Gasteiger partial charge in [-0.3, -0.25) is 9.59 Å². The van der Waals surface area contributed by atoms with Gasteiger partial charge in [0.2, 0.25) is 11.8 Å². The van der Waals surface area contributed by atoms with Crippen molar-refractivity contribution in [3.05, 3.63) is 35.9 Å². The molecule has 0 spiro atoms. The smallest absolute Gasteiger partial charge is 0.226 e. The number of benzene rings is 1. The number of carbonyl (C=O) groups excluding carboxylic acids is 2. The van der Waals surface area contributed by atoms with Gasteiger partial charge in [-0.2, -0.15) is 0 Å². The first-order valence-corrected chi connectivity index (χ1v) is 6.37. The number of amides is 2. The second kappa shape index (κ2) is 6.92. The van der Waals surface area contributed by atoms with Crippen molar-refractivity contribution < 1.29 is 9.59 Å². The third-order valence-corrected chi connectivity index (χ3v) is 3.03. The Kier molecular flexibility index (Phi) is 5.55. The van der Waals surface area contributed by atoms with Gasteiger partial charge < -0.3 is 9.80 Å². The van der Waals surface area contributed by atoms with E-state index in [1.54, 1.807) is 33.1 Å². The van der Waals surface area contributed by atoms with Gasteiger partial charge in [0, 0.05) is 34.6 Å². The molecular weight excluding hydrogens is 240 g/mol. The maximum absolute atomic E-state index is 12.2. The highest BCUT2D eigenvalue weighted by Gasteiger charge is 2.24. The van der Waals surface area contributed by atoms with Gasteiger partial charge in [-0.25, -0.2) is 0 Å². The van der Waals surface area contributed by atoms with E-state index in [1.165, 1.54) is 4.90 Å². The highest BCUT2D eigenvalue weighted by atomic mass is 16.2. The zero-order valence-corrected chi connectivity index (χ0v) is 12.1. The quantitative estimate of drug-likeness (QED) is 0.805. The Morgan fingerprint density at radius 2 is 1.58 bits per heavy atom. The summed E-state index contributed by atoms with van der Waals surface area (Å²) in [5.41, 5.74) is 1.08. The first-order valence-electron chi connectivity index (χ1n) is 6.37. The molecule has 0 aromatic heterocycles. The lowest BCUT2D eigenvalue weighted by Crippen LogP contribution is -2.35. The minimum absolute atomic E-state index is 0.000877. The summed E-state index contributed by atoms with van der Waals surface area (Å²) in [5, 5.41) is 0. The van der Waals surface area contributed by atoms with Crippen LogP contribution < -0.4 is 0 Å². The van der Waals surface area contributed by atoms with Gasteiger partial charge in [0.25, 0.3) is 0 Å². The van der Waals surface area contributed by atoms with E-state index in [4.69, 9.17) is 0 Å². The van der Waals surface area contributed by atoms with Gasteiger partial charge in [0.05, 0.1) is 5.92 Å². The van der Waals surface area contributed by atoms with Crippen LogP contribution in [0.3, 0.4) is 0 Å². The molecule has 1 rings (SSSR count). The molecule has 0 radical (unpaired) electrons. The molecule has 2 amide bonds. The molecule has 0 aliphatic carbocycles. The van der Waals surface area contributed by atoms with Crippen molar-refractivity contribution in [3.63, 3.8) is 0 Å². The lowest BCUT2D eigenvalue weighted by Gasteiger charge is -2.21. The molecule has 0 heterocycles. The van der Waals surface area contributed by atoms with Crippen LogP contribution in [0.4, 0.5) is 0 Å². The molecule has 0 N–H and O–H groups in total. The fourth-order valence-corrected chi connectivity index (χ4v) is 1.90. The maximum Gasteiger partial charge on any atom is 0.226 e. The summed E-state index contributed by atoms with van der Waals surface area (Å²) >= 11 is 0. The van der Waals surface area contributed by atoms with Gasteiger partial charge >= 0.3 is 0 Å². The minimum atomic E-state index is -0.299. The third-order valence-electron chi connectivity index (χ3n) is 3.03. The fourth-order valence-electron chi connectivity index (χ4n) is 1.90. The highest BCUT2D eigenvalue weighted by Crippen LogP contribution is 2.15. The fraction of sp³-hybridized carbons (Fsp3) is 0.467. The summed E-state index contributed by atoms with van der Waals surface area (Å²) in [5.74, 6) is -0.317. The average molecular weight is 262 g/mol. The van der Waals surface area contributed by atoms with E-state index in [-0.39, 0.29) is 24.2 Å². The Morgan fingerprint density at radius 1 is 1.00 bits per heavy atom. The van der Waals surface area contributed by atoms with E-state index in [2.05, 4.69) is 0 Å². The van der Waals surface area contributed by atoms with Crippen LogP contribution in [-0.2, 0) is 16.0 Å². The zero-order valence-electron chi connectivity index (χ0n) is 12.1. The van der Waals surface area contributed by atoms with Crippen LogP contribution in [0, 0.1) is 5.92 Å². The monoisotopic (exact) mass is 262 g/mol. The summed E-state index contributed by atoms with van der Waals surface area (Å²) in [6.07, 6.45) is 0.844.